The first kappa shape index (κ1) is 19.1. The molecule has 0 saturated carbocycles. The van der Waals surface area contributed by atoms with Crippen molar-refractivity contribution in [3.63, 3.8) is 0 Å². The molecule has 3 heterocycles. The third kappa shape index (κ3) is 3.45. The first-order valence-corrected chi connectivity index (χ1v) is 9.16. The highest BCUT2D eigenvalue weighted by Gasteiger charge is 2.44. The van der Waals surface area contributed by atoms with Gasteiger partial charge >= 0.3 is 6.18 Å². The number of halogens is 4. The summed E-state index contributed by atoms with van der Waals surface area (Å²) < 4.78 is 40.4. The molecule has 2 atom stereocenters. The Hall–Kier alpha value is -1.65. The topological polar surface area (TPSA) is 50.2 Å². The van der Waals surface area contributed by atoms with Crippen LogP contribution in [0.5, 0.6) is 0 Å². The lowest BCUT2D eigenvalue weighted by molar-refractivity contribution is -0.143. The lowest BCUT2D eigenvalue weighted by Gasteiger charge is -2.16. The van der Waals surface area contributed by atoms with E-state index in [1.165, 1.54) is 18.4 Å². The van der Waals surface area contributed by atoms with Crippen LogP contribution >= 0.6 is 35.2 Å². The predicted molar refractivity (Wildman–Crippen MR) is 97.6 cm³/mol. The van der Waals surface area contributed by atoms with Crippen LogP contribution in [0.1, 0.15) is 17.3 Å². The molecule has 140 valence electrons. The summed E-state index contributed by atoms with van der Waals surface area (Å²) in [5, 5.41) is 8.41. The average Bonchev–Trinajstić information content (AvgIpc) is 3.19. The molecule has 0 unspecified atom stereocenters. The van der Waals surface area contributed by atoms with Gasteiger partial charge < -0.3 is 10.2 Å². The van der Waals surface area contributed by atoms with Crippen molar-refractivity contribution >= 4 is 51.7 Å². The van der Waals surface area contributed by atoms with Crippen LogP contribution in [0.15, 0.2) is 17.5 Å². The smallest absolute Gasteiger partial charge is 0.368 e. The van der Waals surface area contributed by atoms with Crippen molar-refractivity contribution in [3.05, 3.63) is 33.2 Å². The van der Waals surface area contributed by atoms with Crippen LogP contribution in [0.25, 0.3) is 0 Å². The Labute approximate surface area is 161 Å². The molecule has 2 aromatic rings. The van der Waals surface area contributed by atoms with Gasteiger partial charge in [0, 0.05) is 26.6 Å². The van der Waals surface area contributed by atoms with Crippen LogP contribution in [-0.2, 0) is 18.0 Å². The quantitative estimate of drug-likeness (QED) is 0.765. The molecule has 1 N–H and O–H groups in total. The number of hydrogen-bond acceptors (Lipinski definition) is 4. The van der Waals surface area contributed by atoms with E-state index in [0.717, 1.165) is 10.7 Å². The molecule has 1 fully saturated rings. The monoisotopic (exact) mass is 422 g/mol. The predicted octanol–water partition coefficient (Wildman–Crippen LogP) is 3.77. The first-order chi connectivity index (χ1) is 12.1. The molecule has 26 heavy (non-hydrogen) atoms. The van der Waals surface area contributed by atoms with Crippen LogP contribution in [0, 0.1) is 5.92 Å². The van der Waals surface area contributed by atoms with Gasteiger partial charge in [-0.05, 0) is 17.5 Å². The zero-order valence-corrected chi connectivity index (χ0v) is 16.1. The number of carbonyl (C=O) groups excluding carboxylic acids is 1. The maximum atomic E-state index is 13.1. The normalized spacial score (nSPS) is 20.7. The van der Waals surface area contributed by atoms with E-state index < -0.39 is 29.6 Å². The Balaban J connectivity index is 1.92. The summed E-state index contributed by atoms with van der Waals surface area (Å²) >= 11 is 12.6. The van der Waals surface area contributed by atoms with Crippen molar-refractivity contribution in [1.82, 2.24) is 14.7 Å². The second-order valence-corrected chi connectivity index (χ2v) is 7.91. The molecule has 0 aromatic carbocycles. The summed E-state index contributed by atoms with van der Waals surface area (Å²) in [7, 11) is 2.93. The fourth-order valence-electron chi connectivity index (χ4n) is 2.99. The van der Waals surface area contributed by atoms with Crippen molar-refractivity contribution in [1.29, 1.82) is 0 Å². The van der Waals surface area contributed by atoms with Crippen LogP contribution in [0.2, 0.25) is 4.34 Å². The van der Waals surface area contributed by atoms with Gasteiger partial charge in [0.2, 0.25) is 5.91 Å². The van der Waals surface area contributed by atoms with Gasteiger partial charge in [0.05, 0.1) is 22.3 Å². The van der Waals surface area contributed by atoms with Crippen LogP contribution < -0.4 is 5.32 Å². The summed E-state index contributed by atoms with van der Waals surface area (Å²) in [5.74, 6) is -1.79. The lowest BCUT2D eigenvalue weighted by atomic mass is 9.91. The highest BCUT2D eigenvalue weighted by Crippen LogP contribution is 2.38. The van der Waals surface area contributed by atoms with Crippen molar-refractivity contribution in [2.45, 2.75) is 12.1 Å². The summed E-state index contributed by atoms with van der Waals surface area (Å²) in [6.45, 7) is 0.308. The van der Waals surface area contributed by atoms with Crippen LogP contribution in [0.3, 0.4) is 0 Å². The Morgan fingerprint density at radius 1 is 1.46 bits per heavy atom. The van der Waals surface area contributed by atoms with E-state index in [2.05, 4.69) is 10.4 Å². The van der Waals surface area contributed by atoms with Gasteiger partial charge in [0.1, 0.15) is 10.0 Å². The fraction of sp³-hybridized carbons (Fsp3) is 0.400. The van der Waals surface area contributed by atoms with Crippen molar-refractivity contribution in [2.24, 2.45) is 13.0 Å². The number of amides is 1. The van der Waals surface area contributed by atoms with E-state index in [-0.39, 0.29) is 5.69 Å². The molecule has 1 aliphatic heterocycles. The number of aryl methyl sites for hydroxylation is 1. The number of alkyl halides is 3. The minimum atomic E-state index is -4.52. The number of carbonyl (C=O) groups is 1. The second-order valence-electron chi connectivity index (χ2n) is 5.98. The Morgan fingerprint density at radius 3 is 2.69 bits per heavy atom. The molecule has 0 spiro atoms. The average molecular weight is 423 g/mol. The number of aromatic nitrogens is 2. The minimum absolute atomic E-state index is 0.183. The number of rotatable bonds is 3. The van der Waals surface area contributed by atoms with Crippen molar-refractivity contribution < 1.29 is 18.0 Å². The molecule has 2 aromatic heterocycles. The maximum absolute atomic E-state index is 13.1. The number of nitrogens with one attached hydrogen (secondary N) is 1. The molecule has 5 nitrogen and oxygen atoms in total. The molecular formula is C15H14ClF3N4OS2. The van der Waals surface area contributed by atoms with E-state index in [9.17, 15) is 18.0 Å². The lowest BCUT2D eigenvalue weighted by Crippen LogP contribution is -2.31. The number of likely N-dealkylation sites (tertiary alicyclic amines) is 1. The zero-order valence-electron chi connectivity index (χ0n) is 13.7. The third-order valence-electron chi connectivity index (χ3n) is 4.24. The summed E-state index contributed by atoms with van der Waals surface area (Å²) in [6.07, 6.45) is -4.52. The van der Waals surface area contributed by atoms with Crippen LogP contribution in [0.4, 0.5) is 18.9 Å². The van der Waals surface area contributed by atoms with E-state index >= 15 is 0 Å². The molecule has 1 aliphatic rings. The Kier molecular flexibility index (Phi) is 5.02. The Morgan fingerprint density at radius 2 is 2.15 bits per heavy atom. The second kappa shape index (κ2) is 6.82. The molecule has 11 heteroatoms. The maximum Gasteiger partial charge on any atom is 0.433 e. The molecule has 1 saturated heterocycles. The number of nitrogens with zero attached hydrogens (tertiary/aromatic N) is 3. The minimum Gasteiger partial charge on any atom is -0.368 e. The van der Waals surface area contributed by atoms with Crippen molar-refractivity contribution in [3.8, 4) is 0 Å². The van der Waals surface area contributed by atoms with Gasteiger partial charge in [-0.3, -0.25) is 9.48 Å². The molecule has 1 amide bonds. The Bertz CT molecular complexity index is 863. The molecule has 0 radical (unpaired) electrons. The number of hydrogen-bond donors (Lipinski definition) is 1. The van der Waals surface area contributed by atoms with Gasteiger partial charge in [-0.1, -0.05) is 23.8 Å². The highest BCUT2D eigenvalue weighted by atomic mass is 35.5. The standard InChI is InChI=1S/C15H14ClF3N4OS2/c1-22-6-7(9-5-10(15(17,18)19)23(2)21-9)11(14(22)25)13(24)20-8-3-4-26-12(8)16/h3-5,7,11H,6H2,1-2H3,(H,20,24)/t7-,11+/m1/s1. The van der Waals surface area contributed by atoms with Crippen molar-refractivity contribution in [2.75, 3.05) is 18.9 Å². The first-order valence-electron chi connectivity index (χ1n) is 7.49. The number of likely N-dealkylation sites (N-methyl/N-ethyl adjacent to an activating group) is 1. The third-order valence-corrected chi connectivity index (χ3v) is 5.98. The summed E-state index contributed by atoms with van der Waals surface area (Å²) in [4.78, 5) is 14.8. The van der Waals surface area contributed by atoms with Gasteiger partial charge in [-0.25, -0.2) is 0 Å². The number of anilines is 1. The number of thiophene rings is 1. The molecule has 0 bridgehead atoms. The number of thiocarbonyl (C=S) groups is 1. The van der Waals surface area contributed by atoms with Gasteiger partial charge in [-0.15, -0.1) is 11.3 Å². The van der Waals surface area contributed by atoms with Gasteiger partial charge in [-0.2, -0.15) is 18.3 Å². The van der Waals surface area contributed by atoms with Gasteiger partial charge in [0.25, 0.3) is 0 Å². The molecular weight excluding hydrogens is 409 g/mol. The van der Waals surface area contributed by atoms with E-state index in [0.29, 0.717) is 21.6 Å². The zero-order chi connectivity index (χ0) is 19.2. The van der Waals surface area contributed by atoms with Crippen LogP contribution in [-0.4, -0.2) is 39.2 Å². The van der Waals surface area contributed by atoms with E-state index in [4.69, 9.17) is 23.8 Å². The fourth-order valence-corrected chi connectivity index (χ4v) is 4.17. The van der Waals surface area contributed by atoms with Gasteiger partial charge in [0.15, 0.2) is 0 Å². The summed E-state index contributed by atoms with van der Waals surface area (Å²) in [6, 6.07) is 2.63. The summed E-state index contributed by atoms with van der Waals surface area (Å²) in [5.41, 5.74) is -0.231. The van der Waals surface area contributed by atoms with E-state index in [1.54, 1.807) is 23.4 Å². The molecule has 3 rings (SSSR count). The SMILES string of the molecule is CN1C[C@H](c2cc(C(F)(F)F)n(C)n2)[C@@H](C(=O)Nc2ccsc2Cl)C1=S. The van der Waals surface area contributed by atoms with E-state index in [1.807, 2.05) is 0 Å². The highest BCUT2D eigenvalue weighted by molar-refractivity contribution is 7.80. The largest absolute Gasteiger partial charge is 0.433 e. The molecule has 0 aliphatic carbocycles.